The molecule has 0 aliphatic carbocycles. The van der Waals surface area contributed by atoms with E-state index in [1.54, 1.807) is 6.08 Å². The number of allylic oxidation sites excluding steroid dienone is 3. The van der Waals surface area contributed by atoms with Crippen LogP contribution in [0.1, 0.15) is 5.56 Å². The first-order valence-electron chi connectivity index (χ1n) is 4.50. The molecule has 16 heavy (non-hydrogen) atoms. The van der Waals surface area contributed by atoms with Crippen LogP contribution in [0.3, 0.4) is 0 Å². The van der Waals surface area contributed by atoms with E-state index in [0.29, 0.717) is 0 Å². The van der Waals surface area contributed by atoms with Crippen molar-refractivity contribution in [2.24, 2.45) is 0 Å². The number of alkyl halides is 3. The molecule has 0 aliphatic rings. The van der Waals surface area contributed by atoms with Crippen molar-refractivity contribution in [1.82, 2.24) is 0 Å². The molecule has 0 aliphatic heterocycles. The van der Waals surface area contributed by atoms with E-state index in [1.807, 2.05) is 30.3 Å². The molecule has 0 spiro atoms. The van der Waals surface area contributed by atoms with Gasteiger partial charge in [0.15, 0.2) is 5.78 Å². The third kappa shape index (κ3) is 5.96. The van der Waals surface area contributed by atoms with E-state index in [1.165, 1.54) is 18.2 Å². The SMILES string of the molecule is O=C(C=Cc1ccccc1)C=CC(Cl)(Cl)Cl. The summed E-state index contributed by atoms with van der Waals surface area (Å²) >= 11 is 16.4. The molecule has 0 amide bonds. The first-order valence-corrected chi connectivity index (χ1v) is 5.64. The van der Waals surface area contributed by atoms with Gasteiger partial charge in [0.2, 0.25) is 3.79 Å². The van der Waals surface area contributed by atoms with Crippen molar-refractivity contribution in [1.29, 1.82) is 0 Å². The number of hydrogen-bond acceptors (Lipinski definition) is 1. The van der Waals surface area contributed by atoms with Gasteiger partial charge in [-0.3, -0.25) is 4.79 Å². The van der Waals surface area contributed by atoms with Gasteiger partial charge in [-0.2, -0.15) is 0 Å². The molecule has 0 N–H and O–H groups in total. The number of halogens is 3. The molecule has 1 nitrogen and oxygen atoms in total. The molecule has 0 unspecified atom stereocenters. The molecular formula is C12H9Cl3O. The molecule has 0 atom stereocenters. The Bertz CT molecular complexity index is 402. The van der Waals surface area contributed by atoms with E-state index < -0.39 is 3.79 Å². The average Bonchev–Trinajstić information content (AvgIpc) is 2.24. The zero-order valence-corrected chi connectivity index (χ0v) is 10.5. The van der Waals surface area contributed by atoms with Crippen LogP contribution >= 0.6 is 34.8 Å². The van der Waals surface area contributed by atoms with Crippen molar-refractivity contribution >= 4 is 46.7 Å². The van der Waals surface area contributed by atoms with E-state index in [2.05, 4.69) is 0 Å². The molecule has 4 heteroatoms. The number of rotatable bonds is 3. The fraction of sp³-hybridized carbons (Fsp3) is 0.0833. The summed E-state index contributed by atoms with van der Waals surface area (Å²) in [6.07, 6.45) is 5.56. The summed E-state index contributed by atoms with van der Waals surface area (Å²) in [4.78, 5) is 11.3. The smallest absolute Gasteiger partial charge is 0.209 e. The molecule has 0 bridgehead atoms. The normalized spacial score (nSPS) is 12.4. The zero-order valence-electron chi connectivity index (χ0n) is 8.24. The highest BCUT2D eigenvalue weighted by Crippen LogP contribution is 2.27. The van der Waals surface area contributed by atoms with Crippen LogP contribution < -0.4 is 0 Å². The molecule has 0 saturated carbocycles. The largest absolute Gasteiger partial charge is 0.290 e. The van der Waals surface area contributed by atoms with Crippen molar-refractivity contribution in [3.63, 3.8) is 0 Å². The molecule has 0 aromatic heterocycles. The van der Waals surface area contributed by atoms with E-state index in [0.717, 1.165) is 5.56 Å². The summed E-state index contributed by atoms with van der Waals surface area (Å²) in [5.41, 5.74) is 0.943. The highest BCUT2D eigenvalue weighted by atomic mass is 35.6. The van der Waals surface area contributed by atoms with E-state index in [9.17, 15) is 4.79 Å². The Morgan fingerprint density at radius 2 is 1.69 bits per heavy atom. The van der Waals surface area contributed by atoms with Gasteiger partial charge in [0.25, 0.3) is 0 Å². The van der Waals surface area contributed by atoms with Gasteiger partial charge < -0.3 is 0 Å². The molecule has 1 aromatic carbocycles. The lowest BCUT2D eigenvalue weighted by Crippen LogP contribution is -1.96. The van der Waals surface area contributed by atoms with Crippen molar-refractivity contribution in [3.05, 3.63) is 54.1 Å². The predicted molar refractivity (Wildman–Crippen MR) is 69.9 cm³/mol. The molecule has 1 aromatic rings. The Morgan fingerprint density at radius 3 is 2.25 bits per heavy atom. The minimum absolute atomic E-state index is 0.227. The number of hydrogen-bond donors (Lipinski definition) is 0. The van der Waals surface area contributed by atoms with Crippen LogP contribution in [-0.2, 0) is 4.79 Å². The second-order valence-electron chi connectivity index (χ2n) is 3.02. The average molecular weight is 276 g/mol. The standard InChI is InChI=1S/C12H9Cl3O/c13-12(14,15)9-8-11(16)7-6-10-4-2-1-3-5-10/h1-9H. The fourth-order valence-electron chi connectivity index (χ4n) is 0.975. The maximum atomic E-state index is 11.3. The van der Waals surface area contributed by atoms with Crippen molar-refractivity contribution in [3.8, 4) is 0 Å². The number of ketones is 1. The maximum absolute atomic E-state index is 11.3. The second kappa shape index (κ2) is 6.09. The zero-order chi connectivity index (χ0) is 12.0. The van der Waals surface area contributed by atoms with Crippen LogP contribution in [0.2, 0.25) is 0 Å². The van der Waals surface area contributed by atoms with Gasteiger partial charge in [0.05, 0.1) is 0 Å². The van der Waals surface area contributed by atoms with Gasteiger partial charge in [0.1, 0.15) is 0 Å². The Hall–Kier alpha value is -0.760. The van der Waals surface area contributed by atoms with Crippen LogP contribution in [-0.4, -0.2) is 9.58 Å². The maximum Gasteiger partial charge on any atom is 0.209 e. The minimum atomic E-state index is -1.53. The third-order valence-electron chi connectivity index (χ3n) is 1.68. The van der Waals surface area contributed by atoms with Crippen molar-refractivity contribution in [2.45, 2.75) is 3.79 Å². The monoisotopic (exact) mass is 274 g/mol. The van der Waals surface area contributed by atoms with E-state index in [4.69, 9.17) is 34.8 Å². The lowest BCUT2D eigenvalue weighted by atomic mass is 10.2. The highest BCUT2D eigenvalue weighted by molar-refractivity contribution is 6.69. The van der Waals surface area contributed by atoms with Gasteiger partial charge in [-0.25, -0.2) is 0 Å². The molecule has 0 heterocycles. The van der Waals surface area contributed by atoms with Gasteiger partial charge >= 0.3 is 0 Å². The molecular weight excluding hydrogens is 266 g/mol. The lowest BCUT2D eigenvalue weighted by molar-refractivity contribution is -0.110. The van der Waals surface area contributed by atoms with Crippen molar-refractivity contribution in [2.75, 3.05) is 0 Å². The predicted octanol–water partition coefficient (Wildman–Crippen LogP) is 4.20. The summed E-state index contributed by atoms with van der Waals surface area (Å²) in [5.74, 6) is -0.227. The van der Waals surface area contributed by atoms with Gasteiger partial charge in [-0.15, -0.1) is 0 Å². The Labute approximate surface area is 109 Å². The van der Waals surface area contributed by atoms with Gasteiger partial charge in [-0.05, 0) is 23.8 Å². The Morgan fingerprint density at radius 1 is 1.06 bits per heavy atom. The summed E-state index contributed by atoms with van der Waals surface area (Å²) in [5, 5.41) is 0. The van der Waals surface area contributed by atoms with Crippen LogP contribution in [0.5, 0.6) is 0 Å². The molecule has 84 valence electrons. The third-order valence-corrected chi connectivity index (χ3v) is 2.05. The van der Waals surface area contributed by atoms with Gasteiger partial charge in [-0.1, -0.05) is 71.2 Å². The number of carbonyl (C=O) groups is 1. The summed E-state index contributed by atoms with van der Waals surface area (Å²) < 4.78 is -1.53. The molecule has 0 fully saturated rings. The van der Waals surface area contributed by atoms with E-state index in [-0.39, 0.29) is 5.78 Å². The summed E-state index contributed by atoms with van der Waals surface area (Å²) in [6.45, 7) is 0. The quantitative estimate of drug-likeness (QED) is 0.597. The topological polar surface area (TPSA) is 17.1 Å². The first-order chi connectivity index (χ1) is 7.47. The number of carbonyl (C=O) groups excluding carboxylic acids is 1. The van der Waals surface area contributed by atoms with Crippen molar-refractivity contribution < 1.29 is 4.79 Å². The molecule has 0 radical (unpaired) electrons. The van der Waals surface area contributed by atoms with Crippen LogP contribution in [0.15, 0.2) is 48.6 Å². The van der Waals surface area contributed by atoms with Crippen LogP contribution in [0.25, 0.3) is 6.08 Å². The molecule has 0 saturated heterocycles. The highest BCUT2D eigenvalue weighted by Gasteiger charge is 2.13. The molecule has 1 rings (SSSR count). The number of benzene rings is 1. The summed E-state index contributed by atoms with van der Waals surface area (Å²) in [6, 6.07) is 9.47. The Kier molecular flexibility index (Phi) is 5.07. The van der Waals surface area contributed by atoms with Gasteiger partial charge in [0, 0.05) is 0 Å². The Balaban J connectivity index is 2.59. The first kappa shape index (κ1) is 13.3. The van der Waals surface area contributed by atoms with Crippen LogP contribution in [0, 0.1) is 0 Å². The lowest BCUT2D eigenvalue weighted by Gasteiger charge is -2.00. The minimum Gasteiger partial charge on any atom is -0.290 e. The second-order valence-corrected chi connectivity index (χ2v) is 5.39. The van der Waals surface area contributed by atoms with Crippen LogP contribution in [0.4, 0.5) is 0 Å². The fourth-order valence-corrected chi connectivity index (χ4v) is 1.16. The summed E-state index contributed by atoms with van der Waals surface area (Å²) in [7, 11) is 0. The van der Waals surface area contributed by atoms with E-state index >= 15 is 0 Å².